The molecule has 3 heterocycles. The molecule has 4 aliphatic rings. The van der Waals surface area contributed by atoms with Crippen LogP contribution >= 0.6 is 0 Å². The van der Waals surface area contributed by atoms with E-state index >= 15 is 0 Å². The minimum absolute atomic E-state index is 0.187. The second-order valence-corrected chi connectivity index (χ2v) is 9.47. The molecule has 12 nitrogen and oxygen atoms in total. The van der Waals surface area contributed by atoms with Crippen molar-refractivity contribution in [2.24, 2.45) is 11.8 Å². The maximum absolute atomic E-state index is 12.4. The fourth-order valence-corrected chi connectivity index (χ4v) is 5.27. The zero-order valence-corrected chi connectivity index (χ0v) is 19.9. The molecule has 11 atom stereocenters. The Morgan fingerprint density at radius 1 is 1.05 bits per heavy atom. The minimum Gasteiger partial charge on any atom is -0.497 e. The second kappa shape index (κ2) is 10.3. The van der Waals surface area contributed by atoms with E-state index in [1.807, 2.05) is 0 Å². The number of fused-ring (bicyclic) bond motifs is 3. The van der Waals surface area contributed by atoms with Crippen molar-refractivity contribution in [3.63, 3.8) is 0 Å². The topological polar surface area (TPSA) is 177 Å². The first-order valence-electron chi connectivity index (χ1n) is 11.9. The van der Waals surface area contributed by atoms with Gasteiger partial charge in [0.25, 0.3) is 0 Å². The Morgan fingerprint density at radius 2 is 1.81 bits per heavy atom. The van der Waals surface area contributed by atoms with Crippen LogP contribution in [0.25, 0.3) is 6.08 Å². The van der Waals surface area contributed by atoms with E-state index in [0.717, 1.165) is 5.56 Å². The molecule has 0 aromatic heterocycles. The molecule has 202 valence electrons. The average Bonchev–Trinajstić information content (AvgIpc) is 3.60. The average molecular weight is 523 g/mol. The summed E-state index contributed by atoms with van der Waals surface area (Å²) in [6.07, 6.45) is -4.21. The molecule has 37 heavy (non-hydrogen) atoms. The van der Waals surface area contributed by atoms with Crippen LogP contribution in [0.3, 0.4) is 0 Å². The maximum atomic E-state index is 12.4. The Balaban J connectivity index is 1.26. The van der Waals surface area contributed by atoms with Gasteiger partial charge in [0.1, 0.15) is 48.5 Å². The third kappa shape index (κ3) is 4.75. The van der Waals surface area contributed by atoms with Gasteiger partial charge in [0, 0.05) is 12.0 Å². The molecule has 1 aromatic rings. The van der Waals surface area contributed by atoms with Crippen molar-refractivity contribution >= 4 is 12.0 Å². The van der Waals surface area contributed by atoms with Crippen molar-refractivity contribution in [1.29, 1.82) is 0 Å². The molecule has 1 aliphatic carbocycles. The van der Waals surface area contributed by atoms with E-state index in [9.17, 15) is 30.3 Å². The number of aliphatic hydroxyl groups is 5. The summed E-state index contributed by atoms with van der Waals surface area (Å²) >= 11 is 0. The van der Waals surface area contributed by atoms with Gasteiger partial charge in [-0.25, -0.2) is 4.79 Å². The third-order valence-corrected chi connectivity index (χ3v) is 7.35. The first kappa shape index (κ1) is 26.1. The molecule has 3 aliphatic heterocycles. The molecule has 0 amide bonds. The number of rotatable bonds is 8. The van der Waals surface area contributed by atoms with Gasteiger partial charge in [-0.3, -0.25) is 0 Å². The number of methoxy groups -OCH3 is 1. The summed E-state index contributed by atoms with van der Waals surface area (Å²) in [4.78, 5) is 12.4. The lowest BCUT2D eigenvalue weighted by atomic mass is 9.85. The van der Waals surface area contributed by atoms with Crippen molar-refractivity contribution in [2.75, 3.05) is 20.3 Å². The van der Waals surface area contributed by atoms with Crippen LogP contribution in [0, 0.1) is 11.8 Å². The van der Waals surface area contributed by atoms with E-state index in [0.29, 0.717) is 5.75 Å². The zero-order valence-electron chi connectivity index (χ0n) is 19.9. The van der Waals surface area contributed by atoms with Crippen LogP contribution in [-0.2, 0) is 28.5 Å². The van der Waals surface area contributed by atoms with E-state index in [4.69, 9.17) is 28.4 Å². The van der Waals surface area contributed by atoms with Gasteiger partial charge >= 0.3 is 5.97 Å². The van der Waals surface area contributed by atoms with Gasteiger partial charge in [0.2, 0.25) is 6.29 Å². The van der Waals surface area contributed by atoms with Gasteiger partial charge in [0.05, 0.1) is 32.0 Å². The van der Waals surface area contributed by atoms with Crippen LogP contribution in [0.5, 0.6) is 5.75 Å². The number of esters is 1. The summed E-state index contributed by atoms with van der Waals surface area (Å²) in [6.45, 7) is -0.802. The fraction of sp³-hybridized carbons (Fsp3) is 0.560. The molecule has 1 saturated carbocycles. The summed E-state index contributed by atoms with van der Waals surface area (Å²) in [7, 11) is 1.56. The van der Waals surface area contributed by atoms with Gasteiger partial charge in [-0.05, 0) is 29.8 Å². The first-order chi connectivity index (χ1) is 17.8. The summed E-state index contributed by atoms with van der Waals surface area (Å²) in [5, 5.41) is 50.6. The van der Waals surface area contributed by atoms with E-state index < -0.39 is 79.2 Å². The summed E-state index contributed by atoms with van der Waals surface area (Å²) in [5.41, 5.74) is -0.330. The van der Waals surface area contributed by atoms with Gasteiger partial charge in [-0.15, -0.1) is 0 Å². The highest BCUT2D eigenvalue weighted by molar-refractivity contribution is 5.87. The summed E-state index contributed by atoms with van der Waals surface area (Å²) in [6, 6.07) is 7.09. The largest absolute Gasteiger partial charge is 0.497 e. The Hall–Kier alpha value is -2.55. The Kier molecular flexibility index (Phi) is 7.27. The van der Waals surface area contributed by atoms with Crippen LogP contribution in [0.1, 0.15) is 5.56 Å². The number of benzene rings is 1. The van der Waals surface area contributed by atoms with Crippen LogP contribution in [0.2, 0.25) is 0 Å². The van der Waals surface area contributed by atoms with Crippen LogP contribution in [-0.4, -0.2) is 107 Å². The number of carbonyl (C=O) groups is 1. The van der Waals surface area contributed by atoms with Crippen molar-refractivity contribution in [3.8, 4) is 5.75 Å². The lowest BCUT2D eigenvalue weighted by Crippen LogP contribution is -2.60. The third-order valence-electron chi connectivity index (χ3n) is 7.35. The fourth-order valence-electron chi connectivity index (χ4n) is 5.27. The summed E-state index contributed by atoms with van der Waals surface area (Å²) < 4.78 is 33.2. The highest BCUT2D eigenvalue weighted by atomic mass is 16.8. The molecule has 5 N–H and O–H groups in total. The molecular weight excluding hydrogens is 492 g/mol. The number of hydrogen-bond acceptors (Lipinski definition) is 12. The molecule has 0 spiro atoms. The predicted octanol–water partition coefficient (Wildman–Crippen LogP) is -1.32. The molecule has 3 fully saturated rings. The quantitative estimate of drug-likeness (QED) is 0.155. The number of aliphatic hydroxyl groups excluding tert-OH is 5. The van der Waals surface area contributed by atoms with E-state index in [1.165, 1.54) is 12.3 Å². The van der Waals surface area contributed by atoms with Crippen LogP contribution in [0.4, 0.5) is 0 Å². The standard InChI is InChI=1S/C25H30O12/c1-32-13-5-2-12(3-6-13)4-7-16(27)34-11-25-17-14(18(28)22(25)37-25)8-9-33-23(17)36-24-21(31)20(30)19(29)15(10-26)35-24/h2-9,14-15,17-24,26,28-31H,10-11H2,1H3/t14-,15-,17-,18+,19-,20+,21-,22+,23+,24+,25-/m0/s1. The Bertz CT molecular complexity index is 1030. The Morgan fingerprint density at radius 3 is 2.51 bits per heavy atom. The van der Waals surface area contributed by atoms with Gasteiger partial charge in [-0.2, -0.15) is 0 Å². The summed E-state index contributed by atoms with van der Waals surface area (Å²) in [5.74, 6) is -1.04. The van der Waals surface area contributed by atoms with Crippen LogP contribution in [0.15, 0.2) is 42.7 Å². The minimum atomic E-state index is -1.63. The monoisotopic (exact) mass is 522 g/mol. The first-order valence-corrected chi connectivity index (χ1v) is 11.9. The van der Waals surface area contributed by atoms with Crippen molar-refractivity contribution in [1.82, 2.24) is 0 Å². The van der Waals surface area contributed by atoms with E-state index in [2.05, 4.69) is 0 Å². The van der Waals surface area contributed by atoms with Crippen LogP contribution < -0.4 is 4.74 Å². The smallest absolute Gasteiger partial charge is 0.330 e. The second-order valence-electron chi connectivity index (χ2n) is 9.47. The molecular formula is C25H30O12. The molecule has 0 unspecified atom stereocenters. The van der Waals surface area contributed by atoms with E-state index in [-0.39, 0.29) is 6.61 Å². The predicted molar refractivity (Wildman–Crippen MR) is 122 cm³/mol. The normalized spacial score (nSPS) is 42.1. The number of hydrogen-bond donors (Lipinski definition) is 5. The Labute approximate surface area is 212 Å². The molecule has 12 heteroatoms. The molecule has 0 radical (unpaired) electrons. The van der Waals surface area contributed by atoms with Gasteiger partial charge in [-0.1, -0.05) is 12.1 Å². The van der Waals surface area contributed by atoms with Gasteiger partial charge < -0.3 is 54.0 Å². The number of ether oxygens (including phenoxy) is 6. The molecule has 1 aromatic carbocycles. The number of carbonyl (C=O) groups excluding carboxylic acids is 1. The SMILES string of the molecule is COc1ccc(C=CC(=O)OC[C@@]23O[C@@H]2[C@H](O)[C@H]2C=CO[C@H](O[C@H]4O[C@@H](CO)[C@H](O)[C@@H](O)[C@@H]4O)[C@H]23)cc1. The molecule has 0 bridgehead atoms. The van der Waals surface area contributed by atoms with Crippen molar-refractivity contribution in [2.45, 2.75) is 54.8 Å². The molecule has 2 saturated heterocycles. The van der Waals surface area contributed by atoms with Crippen molar-refractivity contribution in [3.05, 3.63) is 48.2 Å². The lowest BCUT2D eigenvalue weighted by molar-refractivity contribution is -0.344. The van der Waals surface area contributed by atoms with Crippen molar-refractivity contribution < 1.29 is 58.7 Å². The maximum Gasteiger partial charge on any atom is 0.330 e. The molecule has 5 rings (SSSR count). The van der Waals surface area contributed by atoms with E-state index in [1.54, 1.807) is 43.5 Å². The number of epoxide rings is 1. The lowest BCUT2D eigenvalue weighted by Gasteiger charge is -2.43. The highest BCUT2D eigenvalue weighted by Crippen LogP contribution is 2.60. The zero-order chi connectivity index (χ0) is 26.3. The highest BCUT2D eigenvalue weighted by Gasteiger charge is 2.76. The van der Waals surface area contributed by atoms with Gasteiger partial charge in [0.15, 0.2) is 6.29 Å².